The molecular formula is C19H24ClN4O3S+. The van der Waals surface area contributed by atoms with Crippen molar-refractivity contribution in [2.45, 2.75) is 18.7 Å². The van der Waals surface area contributed by atoms with Gasteiger partial charge in [-0.25, -0.2) is 13.4 Å². The number of pyridine rings is 1. The van der Waals surface area contributed by atoms with Gasteiger partial charge in [0.25, 0.3) is 5.91 Å². The van der Waals surface area contributed by atoms with Crippen molar-refractivity contribution in [1.29, 1.82) is 0 Å². The number of aryl methyl sites for hydroxylation is 2. The van der Waals surface area contributed by atoms with Crippen LogP contribution in [-0.4, -0.2) is 56.3 Å². The van der Waals surface area contributed by atoms with Crippen molar-refractivity contribution in [3.63, 3.8) is 0 Å². The number of hydrogen-bond donors (Lipinski definition) is 2. The zero-order valence-corrected chi connectivity index (χ0v) is 17.5. The smallest absolute Gasteiger partial charge is 0.279 e. The molecule has 1 fully saturated rings. The van der Waals surface area contributed by atoms with Crippen LogP contribution >= 0.6 is 11.6 Å². The lowest BCUT2D eigenvalue weighted by molar-refractivity contribution is -0.895. The van der Waals surface area contributed by atoms with E-state index in [-0.39, 0.29) is 17.6 Å². The monoisotopic (exact) mass is 423 g/mol. The zero-order valence-electron chi connectivity index (χ0n) is 15.9. The maximum absolute atomic E-state index is 12.9. The Morgan fingerprint density at radius 3 is 2.61 bits per heavy atom. The lowest BCUT2D eigenvalue weighted by atomic mass is 10.2. The Labute approximate surface area is 170 Å². The van der Waals surface area contributed by atoms with E-state index in [9.17, 15) is 13.2 Å². The van der Waals surface area contributed by atoms with Gasteiger partial charge in [-0.3, -0.25) is 4.79 Å². The van der Waals surface area contributed by atoms with Crippen LogP contribution in [0.15, 0.2) is 41.4 Å². The summed E-state index contributed by atoms with van der Waals surface area (Å²) in [6, 6.07) is 8.75. The molecule has 1 amide bonds. The van der Waals surface area contributed by atoms with E-state index in [2.05, 4.69) is 10.3 Å². The summed E-state index contributed by atoms with van der Waals surface area (Å²) in [4.78, 5) is 17.6. The summed E-state index contributed by atoms with van der Waals surface area (Å²) in [7, 11) is -3.52. The predicted molar refractivity (Wildman–Crippen MR) is 108 cm³/mol. The van der Waals surface area contributed by atoms with Crippen molar-refractivity contribution in [2.75, 3.05) is 38.0 Å². The van der Waals surface area contributed by atoms with Crippen molar-refractivity contribution in [3.8, 4) is 0 Å². The highest BCUT2D eigenvalue weighted by molar-refractivity contribution is 7.89. The van der Waals surface area contributed by atoms with Gasteiger partial charge in [0, 0.05) is 6.20 Å². The first-order chi connectivity index (χ1) is 13.3. The summed E-state index contributed by atoms with van der Waals surface area (Å²) in [6.45, 7) is 5.90. The van der Waals surface area contributed by atoms with E-state index in [1.54, 1.807) is 24.4 Å². The van der Waals surface area contributed by atoms with Crippen LogP contribution in [0.1, 0.15) is 11.1 Å². The first-order valence-corrected chi connectivity index (χ1v) is 10.9. The van der Waals surface area contributed by atoms with Gasteiger partial charge in [-0.2, -0.15) is 4.31 Å². The molecule has 1 aromatic heterocycles. The first-order valence-electron chi connectivity index (χ1n) is 9.08. The average Bonchev–Trinajstić information content (AvgIpc) is 2.64. The van der Waals surface area contributed by atoms with Crippen LogP contribution in [-0.2, 0) is 14.8 Å². The second kappa shape index (κ2) is 8.57. The SMILES string of the molecule is Cc1ccc(S(=O)(=O)N2CC[NH+](CC(=O)Nc3cccnc3Cl)CC2)c(C)c1. The third-order valence-corrected chi connectivity index (χ3v) is 7.18. The van der Waals surface area contributed by atoms with Gasteiger partial charge in [-0.15, -0.1) is 0 Å². The highest BCUT2D eigenvalue weighted by Gasteiger charge is 2.32. The van der Waals surface area contributed by atoms with E-state index < -0.39 is 10.0 Å². The van der Waals surface area contributed by atoms with Crippen LogP contribution in [0.25, 0.3) is 0 Å². The van der Waals surface area contributed by atoms with E-state index in [1.807, 2.05) is 26.0 Å². The number of anilines is 1. The highest BCUT2D eigenvalue weighted by atomic mass is 35.5. The Kier molecular flexibility index (Phi) is 6.34. The Morgan fingerprint density at radius 1 is 1.25 bits per heavy atom. The standard InChI is InChI=1S/C19H23ClN4O3S/c1-14-5-6-17(15(2)12-14)28(26,27)24-10-8-23(9-11-24)13-18(25)22-16-4-3-7-21-19(16)20/h3-7,12H,8-11,13H2,1-2H3,(H,22,25)/p+1. The molecule has 28 heavy (non-hydrogen) atoms. The Balaban J connectivity index is 1.58. The second-order valence-electron chi connectivity index (χ2n) is 6.99. The number of benzene rings is 1. The van der Waals surface area contributed by atoms with Crippen LogP contribution in [0.5, 0.6) is 0 Å². The molecule has 0 spiro atoms. The van der Waals surface area contributed by atoms with Crippen molar-refractivity contribution < 1.29 is 18.1 Å². The number of piperazine rings is 1. The zero-order chi connectivity index (χ0) is 20.3. The van der Waals surface area contributed by atoms with E-state index in [4.69, 9.17) is 11.6 Å². The molecule has 0 aliphatic carbocycles. The van der Waals surface area contributed by atoms with Gasteiger partial charge in [0.05, 0.1) is 36.8 Å². The summed E-state index contributed by atoms with van der Waals surface area (Å²) >= 11 is 5.96. The van der Waals surface area contributed by atoms with E-state index in [1.165, 1.54) is 4.31 Å². The summed E-state index contributed by atoms with van der Waals surface area (Å²) in [5.41, 5.74) is 2.26. The van der Waals surface area contributed by atoms with Gasteiger partial charge in [-0.1, -0.05) is 29.3 Å². The first kappa shape index (κ1) is 20.7. The van der Waals surface area contributed by atoms with E-state index in [0.717, 1.165) is 16.0 Å². The molecule has 0 saturated carbocycles. The van der Waals surface area contributed by atoms with Crippen LogP contribution < -0.4 is 10.2 Å². The summed E-state index contributed by atoms with van der Waals surface area (Å²) in [5.74, 6) is -0.171. The molecule has 0 radical (unpaired) electrons. The minimum Gasteiger partial charge on any atom is -0.325 e. The minimum atomic E-state index is -3.52. The third-order valence-electron chi connectivity index (χ3n) is 4.82. The van der Waals surface area contributed by atoms with Crippen molar-refractivity contribution >= 4 is 33.2 Å². The number of halogens is 1. The molecule has 1 aliphatic heterocycles. The molecule has 0 unspecified atom stereocenters. The molecule has 9 heteroatoms. The number of nitrogens with zero attached hydrogens (tertiary/aromatic N) is 2. The topological polar surface area (TPSA) is 83.8 Å². The fourth-order valence-corrected chi connectivity index (χ4v) is 5.16. The molecule has 2 aromatic rings. The fourth-order valence-electron chi connectivity index (χ4n) is 3.35. The molecule has 1 aliphatic rings. The molecular weight excluding hydrogens is 400 g/mol. The van der Waals surface area contributed by atoms with Gasteiger partial charge in [0.2, 0.25) is 10.0 Å². The molecule has 2 N–H and O–H groups in total. The number of carbonyl (C=O) groups is 1. The number of nitrogens with one attached hydrogen (secondary N) is 2. The molecule has 0 atom stereocenters. The molecule has 150 valence electrons. The van der Waals surface area contributed by atoms with Crippen molar-refractivity contribution in [1.82, 2.24) is 9.29 Å². The van der Waals surface area contributed by atoms with Gasteiger partial charge in [0.15, 0.2) is 11.7 Å². The van der Waals surface area contributed by atoms with Gasteiger partial charge >= 0.3 is 0 Å². The molecule has 1 aromatic carbocycles. The van der Waals surface area contributed by atoms with Crippen LogP contribution in [0.2, 0.25) is 5.15 Å². The second-order valence-corrected chi connectivity index (χ2v) is 9.25. The van der Waals surface area contributed by atoms with E-state index in [0.29, 0.717) is 36.8 Å². The van der Waals surface area contributed by atoms with Crippen molar-refractivity contribution in [3.05, 3.63) is 52.8 Å². The van der Waals surface area contributed by atoms with Crippen LogP contribution in [0, 0.1) is 13.8 Å². The molecule has 7 nitrogen and oxygen atoms in total. The minimum absolute atomic E-state index is 0.171. The number of quaternary nitrogens is 1. The molecule has 0 bridgehead atoms. The number of rotatable bonds is 5. The van der Waals surface area contributed by atoms with Crippen LogP contribution in [0.3, 0.4) is 0 Å². The maximum Gasteiger partial charge on any atom is 0.279 e. The number of aromatic nitrogens is 1. The Hall–Kier alpha value is -2.00. The average molecular weight is 424 g/mol. The lowest BCUT2D eigenvalue weighted by Gasteiger charge is -2.31. The number of carbonyl (C=O) groups excluding carboxylic acids is 1. The molecule has 3 rings (SSSR count). The van der Waals surface area contributed by atoms with Crippen molar-refractivity contribution in [2.24, 2.45) is 0 Å². The number of sulfonamides is 1. The van der Waals surface area contributed by atoms with E-state index >= 15 is 0 Å². The number of hydrogen-bond acceptors (Lipinski definition) is 4. The molecule has 1 saturated heterocycles. The van der Waals surface area contributed by atoms with Gasteiger partial charge < -0.3 is 10.2 Å². The largest absolute Gasteiger partial charge is 0.325 e. The third kappa shape index (κ3) is 4.70. The summed E-state index contributed by atoms with van der Waals surface area (Å²) < 4.78 is 27.4. The quantitative estimate of drug-likeness (QED) is 0.699. The summed E-state index contributed by atoms with van der Waals surface area (Å²) in [6.07, 6.45) is 1.55. The highest BCUT2D eigenvalue weighted by Crippen LogP contribution is 2.21. The van der Waals surface area contributed by atoms with Gasteiger partial charge in [-0.05, 0) is 37.6 Å². The lowest BCUT2D eigenvalue weighted by Crippen LogP contribution is -3.15. The maximum atomic E-state index is 12.9. The summed E-state index contributed by atoms with van der Waals surface area (Å²) in [5, 5.41) is 3.00. The fraction of sp³-hybridized carbons (Fsp3) is 0.368. The Morgan fingerprint density at radius 2 is 1.96 bits per heavy atom. The predicted octanol–water partition coefficient (Wildman–Crippen LogP) is 0.880. The number of amides is 1. The normalized spacial score (nSPS) is 16.1. The Bertz CT molecular complexity index is 973. The molecule has 2 heterocycles. The van der Waals surface area contributed by atoms with Crippen LogP contribution in [0.4, 0.5) is 5.69 Å². The van der Waals surface area contributed by atoms with Gasteiger partial charge in [0.1, 0.15) is 0 Å².